The summed E-state index contributed by atoms with van der Waals surface area (Å²) in [6.45, 7) is 2.76. The minimum Gasteiger partial charge on any atom is -0.472 e. The predicted octanol–water partition coefficient (Wildman–Crippen LogP) is 6.31. The molecule has 4 aliphatic rings. The molecule has 5 nitrogen and oxygen atoms in total. The fraction of sp³-hybridized carbons (Fsp3) is 0.414. The summed E-state index contributed by atoms with van der Waals surface area (Å²) in [7, 11) is 0. The standard InChI is InChI=1S/C29H31N3O2S/c33-29(30-12-3-4-13-30)21-7-10-26-28(15-21)35-27-6-2-1-5-25(27)32(26)24-16-22-8-9-23(17-24)31(22)18-20-11-14-34-19-20/h1-2,5-7,10-11,14-15,19,22-24H,3-4,8-9,12-13,16-18H2. The number of carbonyl (C=O) groups is 1. The van der Waals surface area contributed by atoms with Gasteiger partial charge in [0.2, 0.25) is 0 Å². The molecule has 5 heterocycles. The van der Waals surface area contributed by atoms with Gasteiger partial charge in [0.25, 0.3) is 5.91 Å². The van der Waals surface area contributed by atoms with Crippen LogP contribution in [0.3, 0.4) is 0 Å². The maximum absolute atomic E-state index is 13.1. The number of hydrogen-bond donors (Lipinski definition) is 0. The monoisotopic (exact) mass is 485 g/mol. The SMILES string of the molecule is O=C(c1ccc2c(c1)Sc1ccccc1N2C1CC2CCC(C1)N2Cc1ccoc1)N1CCCC1. The van der Waals surface area contributed by atoms with E-state index in [0.29, 0.717) is 18.1 Å². The molecule has 180 valence electrons. The van der Waals surface area contributed by atoms with Gasteiger partial charge >= 0.3 is 0 Å². The van der Waals surface area contributed by atoms with Gasteiger partial charge in [0.15, 0.2) is 0 Å². The van der Waals surface area contributed by atoms with Crippen LogP contribution in [0.4, 0.5) is 11.4 Å². The number of likely N-dealkylation sites (tertiary alicyclic amines) is 1. The molecule has 35 heavy (non-hydrogen) atoms. The van der Waals surface area contributed by atoms with E-state index in [2.05, 4.69) is 58.3 Å². The lowest BCUT2D eigenvalue weighted by atomic mass is 9.94. The van der Waals surface area contributed by atoms with Crippen molar-refractivity contribution < 1.29 is 9.21 Å². The molecule has 3 fully saturated rings. The largest absolute Gasteiger partial charge is 0.472 e. The first kappa shape index (κ1) is 21.6. The molecule has 2 aromatic carbocycles. The summed E-state index contributed by atoms with van der Waals surface area (Å²) in [5.74, 6) is 0.182. The molecule has 3 aromatic rings. The van der Waals surface area contributed by atoms with Crippen LogP contribution < -0.4 is 4.90 Å². The number of rotatable bonds is 4. The van der Waals surface area contributed by atoms with E-state index < -0.39 is 0 Å². The Bertz CT molecular complexity index is 1220. The van der Waals surface area contributed by atoms with Crippen molar-refractivity contribution in [3.63, 3.8) is 0 Å². The van der Waals surface area contributed by atoms with Gasteiger partial charge in [-0.05, 0) is 74.9 Å². The Morgan fingerprint density at radius 2 is 1.69 bits per heavy atom. The molecule has 0 aliphatic carbocycles. The maximum Gasteiger partial charge on any atom is 0.253 e. The topological polar surface area (TPSA) is 39.9 Å². The van der Waals surface area contributed by atoms with E-state index in [1.165, 1.54) is 52.4 Å². The van der Waals surface area contributed by atoms with Gasteiger partial charge in [0.05, 0.1) is 23.9 Å². The zero-order valence-corrected chi connectivity index (χ0v) is 20.8. The summed E-state index contributed by atoms with van der Waals surface area (Å²) < 4.78 is 5.34. The van der Waals surface area contributed by atoms with Gasteiger partial charge in [-0.3, -0.25) is 9.69 Å². The number of hydrogen-bond acceptors (Lipinski definition) is 5. The number of benzene rings is 2. The number of carbonyl (C=O) groups excluding carboxylic acids is 1. The Kier molecular flexibility index (Phi) is 5.39. The molecule has 1 aromatic heterocycles. The van der Waals surface area contributed by atoms with Gasteiger partial charge in [-0.25, -0.2) is 0 Å². The molecule has 0 spiro atoms. The second kappa shape index (κ2) is 8.75. The normalized spacial score (nSPS) is 25.5. The Hall–Kier alpha value is -2.70. The van der Waals surface area contributed by atoms with Gasteiger partial charge in [0.1, 0.15) is 0 Å². The van der Waals surface area contributed by atoms with Crippen molar-refractivity contribution in [2.75, 3.05) is 18.0 Å². The molecule has 3 saturated heterocycles. The van der Waals surface area contributed by atoms with E-state index in [1.807, 2.05) is 22.9 Å². The number of para-hydroxylation sites is 1. The summed E-state index contributed by atoms with van der Waals surface area (Å²) in [5, 5.41) is 0. The predicted molar refractivity (Wildman–Crippen MR) is 138 cm³/mol. The first-order valence-electron chi connectivity index (χ1n) is 13.0. The van der Waals surface area contributed by atoms with Crippen LogP contribution in [0, 0.1) is 0 Å². The highest BCUT2D eigenvalue weighted by atomic mass is 32.2. The van der Waals surface area contributed by atoms with Crippen molar-refractivity contribution >= 4 is 29.0 Å². The third-order valence-corrected chi connectivity index (χ3v) is 9.49. The molecule has 0 saturated carbocycles. The quantitative estimate of drug-likeness (QED) is 0.433. The number of nitrogens with zero attached hydrogens (tertiary/aromatic N) is 3. The smallest absolute Gasteiger partial charge is 0.253 e. The van der Waals surface area contributed by atoms with Crippen LogP contribution in [0.1, 0.15) is 54.4 Å². The van der Waals surface area contributed by atoms with Crippen molar-refractivity contribution in [1.29, 1.82) is 0 Å². The van der Waals surface area contributed by atoms with Gasteiger partial charge < -0.3 is 14.2 Å². The Balaban J connectivity index is 1.20. The zero-order valence-electron chi connectivity index (χ0n) is 19.9. The van der Waals surface area contributed by atoms with Crippen LogP contribution in [0.25, 0.3) is 0 Å². The zero-order chi connectivity index (χ0) is 23.4. The van der Waals surface area contributed by atoms with Crippen molar-refractivity contribution in [3.8, 4) is 0 Å². The van der Waals surface area contributed by atoms with Crippen LogP contribution >= 0.6 is 11.8 Å². The average Bonchev–Trinajstić information content (AvgIpc) is 3.64. The molecule has 2 unspecified atom stereocenters. The van der Waals surface area contributed by atoms with E-state index in [0.717, 1.165) is 38.0 Å². The Morgan fingerprint density at radius 1 is 0.914 bits per heavy atom. The van der Waals surface area contributed by atoms with Gasteiger partial charge in [-0.1, -0.05) is 23.9 Å². The van der Waals surface area contributed by atoms with E-state index in [-0.39, 0.29) is 5.91 Å². The maximum atomic E-state index is 13.1. The third-order valence-electron chi connectivity index (χ3n) is 8.37. The fourth-order valence-corrected chi connectivity index (χ4v) is 7.83. The number of anilines is 2. The van der Waals surface area contributed by atoms with Crippen molar-refractivity contribution in [3.05, 3.63) is 72.2 Å². The molecular weight excluding hydrogens is 454 g/mol. The summed E-state index contributed by atoms with van der Waals surface area (Å²) in [6.07, 6.45) is 10.8. The third kappa shape index (κ3) is 3.78. The number of fused-ring (bicyclic) bond motifs is 4. The summed E-state index contributed by atoms with van der Waals surface area (Å²) in [5.41, 5.74) is 4.68. The second-order valence-electron chi connectivity index (χ2n) is 10.4. The van der Waals surface area contributed by atoms with E-state index in [9.17, 15) is 4.79 Å². The first-order valence-corrected chi connectivity index (χ1v) is 13.8. The fourth-order valence-electron chi connectivity index (χ4n) is 6.72. The molecule has 2 atom stereocenters. The highest BCUT2D eigenvalue weighted by molar-refractivity contribution is 7.99. The van der Waals surface area contributed by atoms with Crippen LogP contribution in [0.5, 0.6) is 0 Å². The molecule has 1 amide bonds. The number of amides is 1. The highest BCUT2D eigenvalue weighted by Crippen LogP contribution is 2.52. The first-order chi connectivity index (χ1) is 17.2. The molecule has 2 bridgehead atoms. The molecular formula is C29H31N3O2S. The lowest BCUT2D eigenvalue weighted by Gasteiger charge is -2.46. The second-order valence-corrected chi connectivity index (χ2v) is 11.5. The van der Waals surface area contributed by atoms with Gasteiger partial charge in [-0.15, -0.1) is 0 Å². The minimum atomic E-state index is 0.182. The summed E-state index contributed by atoms with van der Waals surface area (Å²) in [4.78, 5) is 22.9. The lowest BCUT2D eigenvalue weighted by Crippen LogP contribution is -2.49. The molecule has 6 heteroatoms. The molecule has 7 rings (SSSR count). The Labute approximate surface area is 211 Å². The number of piperidine rings is 1. The number of furan rings is 1. The van der Waals surface area contributed by atoms with Crippen molar-refractivity contribution in [2.24, 2.45) is 0 Å². The van der Waals surface area contributed by atoms with Crippen LogP contribution in [0.2, 0.25) is 0 Å². The van der Waals surface area contributed by atoms with Crippen molar-refractivity contribution in [2.45, 2.75) is 73.0 Å². The van der Waals surface area contributed by atoms with E-state index >= 15 is 0 Å². The van der Waals surface area contributed by atoms with Crippen LogP contribution in [-0.4, -0.2) is 46.9 Å². The molecule has 0 radical (unpaired) electrons. The van der Waals surface area contributed by atoms with E-state index in [4.69, 9.17) is 4.42 Å². The average molecular weight is 486 g/mol. The van der Waals surface area contributed by atoms with Crippen LogP contribution in [-0.2, 0) is 6.54 Å². The van der Waals surface area contributed by atoms with Gasteiger partial charge in [-0.2, -0.15) is 0 Å². The van der Waals surface area contributed by atoms with Gasteiger partial charge in [0, 0.05) is 58.7 Å². The van der Waals surface area contributed by atoms with E-state index in [1.54, 1.807) is 6.26 Å². The van der Waals surface area contributed by atoms with Crippen LogP contribution in [0.15, 0.2) is 75.3 Å². The summed E-state index contributed by atoms with van der Waals surface area (Å²) >= 11 is 1.81. The van der Waals surface area contributed by atoms with Crippen molar-refractivity contribution in [1.82, 2.24) is 9.80 Å². The molecule has 0 N–H and O–H groups in total. The Morgan fingerprint density at radius 3 is 2.46 bits per heavy atom. The lowest BCUT2D eigenvalue weighted by molar-refractivity contribution is 0.0792. The summed E-state index contributed by atoms with van der Waals surface area (Å²) in [6, 6.07) is 19.0. The highest BCUT2D eigenvalue weighted by Gasteiger charge is 2.44. The molecule has 4 aliphatic heterocycles. The minimum absolute atomic E-state index is 0.182.